The van der Waals surface area contributed by atoms with E-state index in [1.165, 1.54) is 0 Å². The van der Waals surface area contributed by atoms with Gasteiger partial charge in [-0.15, -0.1) is 0 Å². The summed E-state index contributed by atoms with van der Waals surface area (Å²) in [6.45, 7) is 4.66. The number of aliphatic hydroxyl groups is 1. The highest BCUT2D eigenvalue weighted by molar-refractivity contribution is 7.89. The molecule has 0 saturated carbocycles. The summed E-state index contributed by atoms with van der Waals surface area (Å²) in [7, 11) is -3.44. The molecule has 0 aliphatic rings. The zero-order valence-corrected chi connectivity index (χ0v) is 11.5. The predicted molar refractivity (Wildman–Crippen MR) is 70.9 cm³/mol. The summed E-state index contributed by atoms with van der Waals surface area (Å²) in [6, 6.07) is 6.85. The molecule has 0 heterocycles. The Hall–Kier alpha value is -0.950. The highest BCUT2D eigenvalue weighted by Gasteiger charge is 2.14. The van der Waals surface area contributed by atoms with Crippen molar-refractivity contribution in [2.24, 2.45) is 0 Å². The average molecular weight is 272 g/mol. The van der Waals surface area contributed by atoms with Crippen LogP contribution in [0.1, 0.15) is 12.5 Å². The third-order valence-electron chi connectivity index (χ3n) is 2.42. The second-order valence-electron chi connectivity index (χ2n) is 4.22. The van der Waals surface area contributed by atoms with Crippen LogP contribution in [-0.2, 0) is 10.0 Å². The van der Waals surface area contributed by atoms with E-state index in [2.05, 4.69) is 10.0 Å². The van der Waals surface area contributed by atoms with Gasteiger partial charge < -0.3 is 10.4 Å². The van der Waals surface area contributed by atoms with Gasteiger partial charge in [0.2, 0.25) is 10.0 Å². The van der Waals surface area contributed by atoms with Gasteiger partial charge in [-0.3, -0.25) is 0 Å². The van der Waals surface area contributed by atoms with Crippen molar-refractivity contribution in [1.82, 2.24) is 10.0 Å². The van der Waals surface area contributed by atoms with Crippen LogP contribution < -0.4 is 10.0 Å². The lowest BCUT2D eigenvalue weighted by atomic mass is 10.2. The van der Waals surface area contributed by atoms with Crippen molar-refractivity contribution in [2.45, 2.75) is 24.8 Å². The van der Waals surface area contributed by atoms with Crippen LogP contribution in [0.4, 0.5) is 0 Å². The van der Waals surface area contributed by atoms with E-state index in [9.17, 15) is 8.42 Å². The molecular weight excluding hydrogens is 252 g/mol. The lowest BCUT2D eigenvalue weighted by Crippen LogP contribution is -2.34. The van der Waals surface area contributed by atoms with Crippen LogP contribution in [0.3, 0.4) is 0 Å². The van der Waals surface area contributed by atoms with Crippen molar-refractivity contribution in [3.8, 4) is 0 Å². The van der Waals surface area contributed by atoms with Crippen molar-refractivity contribution in [1.29, 1.82) is 0 Å². The smallest absolute Gasteiger partial charge is 0.240 e. The molecule has 1 unspecified atom stereocenters. The van der Waals surface area contributed by atoms with E-state index in [1.807, 2.05) is 0 Å². The third-order valence-corrected chi connectivity index (χ3v) is 4.04. The molecule has 102 valence electrons. The first-order valence-electron chi connectivity index (χ1n) is 5.87. The van der Waals surface area contributed by atoms with Gasteiger partial charge in [0, 0.05) is 19.6 Å². The molecule has 0 spiro atoms. The minimum atomic E-state index is -3.44. The summed E-state index contributed by atoms with van der Waals surface area (Å²) in [4.78, 5) is 0.306. The molecule has 0 bridgehead atoms. The van der Waals surface area contributed by atoms with Crippen molar-refractivity contribution in [3.63, 3.8) is 0 Å². The second-order valence-corrected chi connectivity index (χ2v) is 5.95. The van der Waals surface area contributed by atoms with Gasteiger partial charge in [0.05, 0.1) is 11.0 Å². The SMILES string of the molecule is Cc1ccccc1S(=O)(=O)NCCNCC(C)O. The van der Waals surface area contributed by atoms with Crippen molar-refractivity contribution < 1.29 is 13.5 Å². The number of sulfonamides is 1. The maximum absolute atomic E-state index is 12.0. The molecule has 1 aromatic carbocycles. The van der Waals surface area contributed by atoms with Crippen LogP contribution in [0.15, 0.2) is 29.2 Å². The molecule has 1 rings (SSSR count). The van der Waals surface area contributed by atoms with E-state index in [-0.39, 0.29) is 0 Å². The molecule has 1 atom stereocenters. The lowest BCUT2D eigenvalue weighted by molar-refractivity contribution is 0.192. The predicted octanol–water partition coefficient (Wildman–Crippen LogP) is 0.244. The van der Waals surface area contributed by atoms with E-state index in [1.54, 1.807) is 38.1 Å². The molecule has 0 saturated heterocycles. The monoisotopic (exact) mass is 272 g/mol. The molecule has 0 aromatic heterocycles. The molecule has 6 heteroatoms. The summed E-state index contributed by atoms with van der Waals surface area (Å²) in [6.07, 6.45) is -0.432. The van der Waals surface area contributed by atoms with Gasteiger partial charge in [0.25, 0.3) is 0 Å². The van der Waals surface area contributed by atoms with Gasteiger partial charge in [0.15, 0.2) is 0 Å². The fourth-order valence-corrected chi connectivity index (χ4v) is 2.80. The Bertz CT molecular complexity index is 472. The lowest BCUT2D eigenvalue weighted by Gasteiger charge is -2.10. The number of rotatable bonds is 7. The Morgan fingerprint density at radius 3 is 2.56 bits per heavy atom. The Morgan fingerprint density at radius 1 is 1.28 bits per heavy atom. The minimum Gasteiger partial charge on any atom is -0.392 e. The minimum absolute atomic E-state index is 0.295. The van der Waals surface area contributed by atoms with Gasteiger partial charge in [-0.05, 0) is 25.5 Å². The zero-order chi connectivity index (χ0) is 13.6. The molecule has 0 fully saturated rings. The Balaban J connectivity index is 2.49. The Labute approximate surface area is 108 Å². The standard InChI is InChI=1S/C12H20N2O3S/c1-10-5-3-4-6-12(10)18(16,17)14-8-7-13-9-11(2)15/h3-6,11,13-15H,7-9H2,1-2H3. The summed E-state index contributed by atoms with van der Waals surface area (Å²) in [5.74, 6) is 0. The number of aryl methyl sites for hydroxylation is 1. The quantitative estimate of drug-likeness (QED) is 0.622. The number of aliphatic hydroxyl groups excluding tert-OH is 1. The first kappa shape index (κ1) is 15.1. The molecule has 1 aromatic rings. The first-order valence-corrected chi connectivity index (χ1v) is 7.36. The van der Waals surface area contributed by atoms with Gasteiger partial charge in [0.1, 0.15) is 0 Å². The molecule has 0 amide bonds. The largest absolute Gasteiger partial charge is 0.392 e. The number of nitrogens with one attached hydrogen (secondary N) is 2. The Morgan fingerprint density at radius 2 is 1.94 bits per heavy atom. The number of hydrogen-bond donors (Lipinski definition) is 3. The zero-order valence-electron chi connectivity index (χ0n) is 10.7. The van der Waals surface area contributed by atoms with Crippen LogP contribution in [0, 0.1) is 6.92 Å². The van der Waals surface area contributed by atoms with Crippen molar-refractivity contribution in [3.05, 3.63) is 29.8 Å². The molecule has 0 radical (unpaired) electrons. The molecule has 0 aliphatic carbocycles. The molecule has 3 N–H and O–H groups in total. The van der Waals surface area contributed by atoms with E-state index in [4.69, 9.17) is 5.11 Å². The summed E-state index contributed by atoms with van der Waals surface area (Å²) in [5.41, 5.74) is 0.724. The number of benzene rings is 1. The molecular formula is C12H20N2O3S. The highest BCUT2D eigenvalue weighted by atomic mass is 32.2. The fourth-order valence-electron chi connectivity index (χ4n) is 1.52. The molecule has 0 aliphatic heterocycles. The summed E-state index contributed by atoms with van der Waals surface area (Å²) < 4.78 is 26.4. The van der Waals surface area contributed by atoms with E-state index < -0.39 is 16.1 Å². The van der Waals surface area contributed by atoms with Crippen LogP contribution in [0.2, 0.25) is 0 Å². The van der Waals surface area contributed by atoms with Gasteiger partial charge >= 0.3 is 0 Å². The van der Waals surface area contributed by atoms with Gasteiger partial charge in [-0.2, -0.15) is 0 Å². The van der Waals surface area contributed by atoms with Crippen LogP contribution in [0.25, 0.3) is 0 Å². The highest BCUT2D eigenvalue weighted by Crippen LogP contribution is 2.13. The van der Waals surface area contributed by atoms with E-state index in [0.717, 1.165) is 5.56 Å². The summed E-state index contributed by atoms with van der Waals surface area (Å²) >= 11 is 0. The number of hydrogen-bond acceptors (Lipinski definition) is 4. The second kappa shape index (κ2) is 6.84. The average Bonchev–Trinajstić information content (AvgIpc) is 2.28. The van der Waals surface area contributed by atoms with Gasteiger partial charge in [-0.1, -0.05) is 18.2 Å². The van der Waals surface area contributed by atoms with E-state index >= 15 is 0 Å². The van der Waals surface area contributed by atoms with Crippen LogP contribution in [-0.4, -0.2) is 39.3 Å². The van der Waals surface area contributed by atoms with E-state index in [0.29, 0.717) is 24.5 Å². The Kier molecular flexibility index (Phi) is 5.74. The molecule has 5 nitrogen and oxygen atoms in total. The third kappa shape index (κ3) is 4.73. The fraction of sp³-hybridized carbons (Fsp3) is 0.500. The molecule has 18 heavy (non-hydrogen) atoms. The van der Waals surface area contributed by atoms with Gasteiger partial charge in [-0.25, -0.2) is 13.1 Å². The summed E-state index contributed by atoms with van der Waals surface area (Å²) in [5, 5.41) is 12.0. The van der Waals surface area contributed by atoms with Crippen molar-refractivity contribution >= 4 is 10.0 Å². The van der Waals surface area contributed by atoms with Crippen LogP contribution >= 0.6 is 0 Å². The normalized spacial score (nSPS) is 13.5. The van der Waals surface area contributed by atoms with Crippen LogP contribution in [0.5, 0.6) is 0 Å². The first-order chi connectivity index (χ1) is 8.43. The van der Waals surface area contributed by atoms with Crippen molar-refractivity contribution in [2.75, 3.05) is 19.6 Å². The maximum atomic E-state index is 12.0. The topological polar surface area (TPSA) is 78.4 Å². The maximum Gasteiger partial charge on any atom is 0.240 e.